The molecule has 1 aliphatic carbocycles. The lowest BCUT2D eigenvalue weighted by Crippen LogP contribution is -2.51. The van der Waals surface area contributed by atoms with Crippen molar-refractivity contribution in [2.75, 3.05) is 19.0 Å². The predicted molar refractivity (Wildman–Crippen MR) is 123 cm³/mol. The summed E-state index contributed by atoms with van der Waals surface area (Å²) in [6, 6.07) is 16.1. The van der Waals surface area contributed by atoms with E-state index in [1.807, 2.05) is 30.3 Å². The number of rotatable bonds is 6. The molecule has 33 heavy (non-hydrogen) atoms. The van der Waals surface area contributed by atoms with E-state index in [-0.39, 0.29) is 12.0 Å². The number of carbonyl (C=O) groups excluding carboxylic acids is 2. The molecular formula is C24H28N6O3. The number of tetrazole rings is 1. The zero-order valence-electron chi connectivity index (χ0n) is 18.9. The molecule has 0 atom stereocenters. The van der Waals surface area contributed by atoms with Gasteiger partial charge in [-0.25, -0.2) is 9.59 Å². The number of ether oxygens (including phenoxy) is 1. The molecule has 0 saturated heterocycles. The van der Waals surface area contributed by atoms with Crippen molar-refractivity contribution in [1.82, 2.24) is 25.1 Å². The van der Waals surface area contributed by atoms with Crippen LogP contribution in [-0.2, 0) is 10.3 Å². The Morgan fingerprint density at radius 3 is 2.42 bits per heavy atom. The molecule has 9 nitrogen and oxygen atoms in total. The number of esters is 1. The van der Waals surface area contributed by atoms with Crippen molar-refractivity contribution in [3.63, 3.8) is 0 Å². The Bertz CT molecular complexity index is 1090. The Morgan fingerprint density at radius 2 is 1.76 bits per heavy atom. The van der Waals surface area contributed by atoms with E-state index in [1.165, 1.54) is 0 Å². The Morgan fingerprint density at radius 1 is 1.06 bits per heavy atom. The van der Waals surface area contributed by atoms with Crippen molar-refractivity contribution >= 4 is 17.7 Å². The molecule has 3 aromatic rings. The minimum Gasteiger partial charge on any atom is -0.462 e. The molecule has 1 aromatic heterocycles. The lowest BCUT2D eigenvalue weighted by molar-refractivity contribution is 0.0526. The number of aromatic nitrogens is 4. The summed E-state index contributed by atoms with van der Waals surface area (Å²) in [5.74, 6) is 0.235. The first kappa shape index (κ1) is 22.4. The van der Waals surface area contributed by atoms with Crippen LogP contribution < -0.4 is 5.32 Å². The van der Waals surface area contributed by atoms with E-state index >= 15 is 0 Å². The van der Waals surface area contributed by atoms with Crippen LogP contribution in [0.1, 0.15) is 55.2 Å². The minimum absolute atomic E-state index is 0.213. The van der Waals surface area contributed by atoms with Gasteiger partial charge in [0.2, 0.25) is 0 Å². The van der Waals surface area contributed by atoms with Crippen molar-refractivity contribution < 1.29 is 14.3 Å². The molecule has 4 rings (SSSR count). The predicted octanol–water partition coefficient (Wildman–Crippen LogP) is 4.16. The number of anilines is 1. The molecule has 0 aliphatic heterocycles. The molecule has 0 unspecified atom stereocenters. The van der Waals surface area contributed by atoms with E-state index in [1.54, 1.807) is 47.8 Å². The second-order valence-electron chi connectivity index (χ2n) is 8.13. The summed E-state index contributed by atoms with van der Waals surface area (Å²) in [4.78, 5) is 27.0. The van der Waals surface area contributed by atoms with Gasteiger partial charge in [-0.3, -0.25) is 0 Å². The average molecular weight is 449 g/mol. The van der Waals surface area contributed by atoms with Gasteiger partial charge < -0.3 is 15.0 Å². The first-order valence-electron chi connectivity index (χ1n) is 11.2. The first-order valence-corrected chi connectivity index (χ1v) is 11.2. The van der Waals surface area contributed by atoms with E-state index in [0.717, 1.165) is 37.8 Å². The van der Waals surface area contributed by atoms with Gasteiger partial charge in [-0.05, 0) is 66.6 Å². The fraction of sp³-hybridized carbons (Fsp3) is 0.375. The quantitative estimate of drug-likeness (QED) is 0.568. The van der Waals surface area contributed by atoms with Gasteiger partial charge in [0.25, 0.3) is 0 Å². The van der Waals surface area contributed by atoms with Gasteiger partial charge in [-0.2, -0.15) is 4.68 Å². The molecule has 0 radical (unpaired) electrons. The molecule has 1 saturated carbocycles. The van der Waals surface area contributed by atoms with Crippen molar-refractivity contribution in [2.24, 2.45) is 0 Å². The largest absolute Gasteiger partial charge is 0.462 e. The van der Waals surface area contributed by atoms with Crippen molar-refractivity contribution in [1.29, 1.82) is 0 Å². The van der Waals surface area contributed by atoms with Gasteiger partial charge in [-0.15, -0.1) is 5.10 Å². The van der Waals surface area contributed by atoms with Crippen LogP contribution in [0.5, 0.6) is 0 Å². The number of benzene rings is 2. The smallest absolute Gasteiger partial charge is 0.338 e. The number of nitrogens with zero attached hydrogens (tertiary/aromatic N) is 5. The highest BCUT2D eigenvalue weighted by molar-refractivity contribution is 5.90. The van der Waals surface area contributed by atoms with Crippen LogP contribution in [0.4, 0.5) is 10.5 Å². The summed E-state index contributed by atoms with van der Waals surface area (Å²) in [6.07, 6.45) is 4.56. The monoisotopic (exact) mass is 448 g/mol. The zero-order chi connectivity index (χ0) is 23.3. The number of hydrogen-bond acceptors (Lipinski definition) is 6. The maximum absolute atomic E-state index is 13.2. The number of nitrogens with one attached hydrogen (secondary N) is 1. The average Bonchev–Trinajstić information content (AvgIpc) is 3.35. The topological polar surface area (TPSA) is 102 Å². The summed E-state index contributed by atoms with van der Waals surface area (Å²) in [7, 11) is 1.80. The number of urea groups is 1. The highest BCUT2D eigenvalue weighted by Crippen LogP contribution is 2.41. The Labute approximate surface area is 192 Å². The molecule has 2 amide bonds. The van der Waals surface area contributed by atoms with E-state index in [9.17, 15) is 9.59 Å². The van der Waals surface area contributed by atoms with Crippen molar-refractivity contribution in [3.05, 3.63) is 66.0 Å². The van der Waals surface area contributed by atoms with Crippen molar-refractivity contribution in [3.8, 4) is 5.69 Å². The zero-order valence-corrected chi connectivity index (χ0v) is 18.9. The summed E-state index contributed by atoms with van der Waals surface area (Å²) in [5.41, 5.74) is 1.25. The highest BCUT2D eigenvalue weighted by atomic mass is 16.5. The fourth-order valence-electron chi connectivity index (χ4n) is 4.37. The maximum Gasteiger partial charge on any atom is 0.338 e. The van der Waals surface area contributed by atoms with E-state index < -0.39 is 5.54 Å². The first-order chi connectivity index (χ1) is 16.0. The molecule has 1 aliphatic rings. The molecule has 172 valence electrons. The molecule has 0 bridgehead atoms. The fourth-order valence-corrected chi connectivity index (χ4v) is 4.37. The van der Waals surface area contributed by atoms with Crippen LogP contribution >= 0.6 is 0 Å². The minimum atomic E-state index is -0.652. The van der Waals surface area contributed by atoms with Crippen LogP contribution in [-0.4, -0.2) is 50.8 Å². The van der Waals surface area contributed by atoms with Crippen LogP contribution in [0, 0.1) is 0 Å². The molecule has 2 aromatic carbocycles. The van der Waals surface area contributed by atoms with Gasteiger partial charge in [0, 0.05) is 12.7 Å². The van der Waals surface area contributed by atoms with Gasteiger partial charge in [-0.1, -0.05) is 37.5 Å². The van der Waals surface area contributed by atoms with E-state index in [4.69, 9.17) is 4.74 Å². The number of carbonyl (C=O) groups is 2. The summed E-state index contributed by atoms with van der Waals surface area (Å²) in [6.45, 7) is 2.09. The Balaban J connectivity index is 1.66. The maximum atomic E-state index is 13.2. The number of hydrogen-bond donors (Lipinski definition) is 1. The molecule has 1 N–H and O–H groups in total. The second kappa shape index (κ2) is 9.81. The van der Waals surface area contributed by atoms with Crippen molar-refractivity contribution in [2.45, 2.75) is 44.6 Å². The Kier molecular flexibility index (Phi) is 6.67. The second-order valence-corrected chi connectivity index (χ2v) is 8.13. The molecular weight excluding hydrogens is 420 g/mol. The summed E-state index contributed by atoms with van der Waals surface area (Å²) in [5, 5.41) is 15.5. The SMILES string of the molecule is CCOC(=O)c1ccc(-n2nnnc2C2(N(C)C(=O)Nc3ccccc3)CCCCC2)cc1. The summed E-state index contributed by atoms with van der Waals surface area (Å²) < 4.78 is 6.72. The van der Waals surface area contributed by atoms with Crippen LogP contribution in [0.3, 0.4) is 0 Å². The van der Waals surface area contributed by atoms with Gasteiger partial charge >= 0.3 is 12.0 Å². The van der Waals surface area contributed by atoms with E-state index in [0.29, 0.717) is 23.7 Å². The normalized spacial score (nSPS) is 15.0. The third-order valence-corrected chi connectivity index (χ3v) is 6.16. The van der Waals surface area contributed by atoms with Crippen LogP contribution in [0.25, 0.3) is 5.69 Å². The molecule has 9 heteroatoms. The van der Waals surface area contributed by atoms with Crippen LogP contribution in [0.15, 0.2) is 54.6 Å². The van der Waals surface area contributed by atoms with Gasteiger partial charge in [0.15, 0.2) is 5.82 Å². The van der Waals surface area contributed by atoms with Gasteiger partial charge in [0.1, 0.15) is 5.54 Å². The third-order valence-electron chi connectivity index (χ3n) is 6.16. The van der Waals surface area contributed by atoms with Crippen LogP contribution in [0.2, 0.25) is 0 Å². The lowest BCUT2D eigenvalue weighted by atomic mass is 9.79. The molecule has 1 fully saturated rings. The highest BCUT2D eigenvalue weighted by Gasteiger charge is 2.45. The third kappa shape index (κ3) is 4.57. The summed E-state index contributed by atoms with van der Waals surface area (Å²) >= 11 is 0. The standard InChI is InChI=1S/C24H28N6O3/c1-3-33-21(31)18-12-14-20(15-13-18)30-22(26-27-28-30)24(16-8-5-9-17-24)29(2)23(32)25-19-10-6-4-7-11-19/h4,6-7,10-15H,3,5,8-9,16-17H2,1-2H3,(H,25,32). The lowest BCUT2D eigenvalue weighted by Gasteiger charge is -2.43. The Hall–Kier alpha value is -3.75. The molecule has 1 heterocycles. The van der Waals surface area contributed by atoms with E-state index in [2.05, 4.69) is 20.8 Å². The number of amides is 2. The van der Waals surface area contributed by atoms with Gasteiger partial charge in [0.05, 0.1) is 17.9 Å². The number of para-hydroxylation sites is 1. The molecule has 0 spiro atoms.